The van der Waals surface area contributed by atoms with E-state index in [1.54, 1.807) is 40.6 Å². The molecule has 0 spiro atoms. The Morgan fingerprint density at radius 3 is 2.36 bits per heavy atom. The molecule has 1 saturated carbocycles. The number of halogens is 1. The molecule has 0 bridgehead atoms. The first-order valence-electron chi connectivity index (χ1n) is 13.4. The Labute approximate surface area is 226 Å². The number of carbonyl (C=O) groups excluding carboxylic acids is 2. The van der Waals surface area contributed by atoms with Crippen molar-refractivity contribution < 1.29 is 19.1 Å². The normalized spacial score (nSPS) is 21.4. The number of nitrogens with zero attached hydrogens (tertiary/aromatic N) is 5. The van der Waals surface area contributed by atoms with E-state index in [9.17, 15) is 14.7 Å². The van der Waals surface area contributed by atoms with Crippen LogP contribution in [0, 0.1) is 11.7 Å². The van der Waals surface area contributed by atoms with Crippen molar-refractivity contribution in [1.82, 2.24) is 19.6 Å². The van der Waals surface area contributed by atoms with E-state index >= 15 is 4.39 Å². The van der Waals surface area contributed by atoms with Crippen LogP contribution in [0.3, 0.4) is 0 Å². The number of likely N-dealkylation sites (tertiary alicyclic amines) is 1. The average Bonchev–Trinajstić information content (AvgIpc) is 3.22. The number of benzene rings is 2. The minimum Gasteiger partial charge on any atom is -0.380 e. The van der Waals surface area contributed by atoms with Crippen LogP contribution in [0.2, 0.25) is 0 Å². The molecule has 2 amide bonds. The van der Waals surface area contributed by atoms with Gasteiger partial charge < -0.3 is 10.0 Å². The molecule has 1 aliphatic carbocycles. The lowest BCUT2D eigenvalue weighted by Gasteiger charge is -2.25. The fourth-order valence-electron chi connectivity index (χ4n) is 5.53. The van der Waals surface area contributed by atoms with Crippen LogP contribution in [-0.2, 0) is 16.6 Å². The van der Waals surface area contributed by atoms with E-state index in [2.05, 4.69) is 10.1 Å². The van der Waals surface area contributed by atoms with Crippen molar-refractivity contribution in [2.75, 3.05) is 19.6 Å². The summed E-state index contributed by atoms with van der Waals surface area (Å²) >= 11 is 0. The maximum atomic E-state index is 15.6. The summed E-state index contributed by atoms with van der Waals surface area (Å²) in [6.07, 6.45) is 5.48. The van der Waals surface area contributed by atoms with Crippen molar-refractivity contribution in [2.45, 2.75) is 44.2 Å². The van der Waals surface area contributed by atoms with Crippen molar-refractivity contribution in [2.24, 2.45) is 18.0 Å². The number of aromatic nitrogens is 2. The van der Waals surface area contributed by atoms with Crippen LogP contribution in [0.4, 0.5) is 4.39 Å². The molecule has 2 aliphatic heterocycles. The highest BCUT2D eigenvalue weighted by Gasteiger charge is 2.51. The SMILES string of the molecule is Cn1cc(-c2ccc(-c3ccc(C4=NC(C)(C)C(=O)N4C[C@@H]4CCN(C(=O)C5(O)CC5)C4)c(F)c3)cc2)cn1. The second kappa shape index (κ2) is 9.12. The van der Waals surface area contributed by atoms with Gasteiger partial charge in [0, 0.05) is 38.4 Å². The Kier molecular flexibility index (Phi) is 5.95. The predicted molar refractivity (Wildman–Crippen MR) is 145 cm³/mol. The van der Waals surface area contributed by atoms with Gasteiger partial charge in [-0.05, 0) is 67.9 Å². The molecular weight excluding hydrogens is 497 g/mol. The maximum absolute atomic E-state index is 15.6. The van der Waals surface area contributed by atoms with E-state index in [0.717, 1.165) is 28.7 Å². The van der Waals surface area contributed by atoms with Crippen LogP contribution < -0.4 is 0 Å². The summed E-state index contributed by atoms with van der Waals surface area (Å²) in [6.45, 7) is 4.83. The first-order chi connectivity index (χ1) is 18.5. The van der Waals surface area contributed by atoms with Crippen molar-refractivity contribution in [3.8, 4) is 22.3 Å². The Balaban J connectivity index is 1.21. The average molecular weight is 530 g/mol. The molecule has 2 aromatic carbocycles. The standard InChI is InChI=1S/C30H32FN5O3/c1-29(2)27(37)36(17-19-10-13-35(16-19)28(38)30(39)11-12-30)26(33-29)24-9-8-22(14-25(24)31)20-4-6-21(7-5-20)23-15-32-34(3)18-23/h4-9,14-15,18-19,39H,10-13,16-17H2,1-3H3/t19-/m1/s1. The summed E-state index contributed by atoms with van der Waals surface area (Å²) in [5.41, 5.74) is 1.73. The highest BCUT2D eigenvalue weighted by atomic mass is 19.1. The van der Waals surface area contributed by atoms with Crippen LogP contribution in [-0.4, -0.2) is 73.1 Å². The topological polar surface area (TPSA) is 91.0 Å². The lowest BCUT2D eigenvalue weighted by molar-refractivity contribution is -0.141. The third kappa shape index (κ3) is 4.65. The molecule has 9 heteroatoms. The second-order valence-corrected chi connectivity index (χ2v) is 11.5. The highest BCUT2D eigenvalue weighted by molar-refractivity contribution is 6.15. The zero-order valence-electron chi connectivity index (χ0n) is 22.4. The zero-order valence-corrected chi connectivity index (χ0v) is 22.4. The van der Waals surface area contributed by atoms with Crippen LogP contribution in [0.1, 0.15) is 38.7 Å². The molecule has 3 aliphatic rings. The van der Waals surface area contributed by atoms with Gasteiger partial charge in [-0.3, -0.25) is 24.2 Å². The fraction of sp³-hybridized carbons (Fsp3) is 0.400. The quantitative estimate of drug-likeness (QED) is 0.528. The van der Waals surface area contributed by atoms with Gasteiger partial charge in [0.2, 0.25) is 0 Å². The van der Waals surface area contributed by atoms with Gasteiger partial charge in [0.25, 0.3) is 11.8 Å². The summed E-state index contributed by atoms with van der Waals surface area (Å²) in [6, 6.07) is 12.9. The van der Waals surface area contributed by atoms with E-state index in [-0.39, 0.29) is 23.3 Å². The summed E-state index contributed by atoms with van der Waals surface area (Å²) < 4.78 is 17.3. The van der Waals surface area contributed by atoms with Crippen molar-refractivity contribution in [1.29, 1.82) is 0 Å². The lowest BCUT2D eigenvalue weighted by atomic mass is 10.00. The number of amidine groups is 1. The smallest absolute Gasteiger partial charge is 0.255 e. The largest absolute Gasteiger partial charge is 0.380 e. The van der Waals surface area contributed by atoms with Crippen molar-refractivity contribution in [3.63, 3.8) is 0 Å². The van der Waals surface area contributed by atoms with E-state index in [1.807, 2.05) is 43.6 Å². The minimum absolute atomic E-state index is 0.0278. The molecule has 202 valence electrons. The van der Waals surface area contributed by atoms with E-state index in [4.69, 9.17) is 0 Å². The van der Waals surface area contributed by atoms with Crippen LogP contribution in [0.5, 0.6) is 0 Å². The Bertz CT molecular complexity index is 1490. The molecule has 39 heavy (non-hydrogen) atoms. The number of hydrogen-bond donors (Lipinski definition) is 1. The number of hydrogen-bond acceptors (Lipinski definition) is 5. The molecule has 1 atom stereocenters. The third-order valence-corrected chi connectivity index (χ3v) is 8.01. The van der Waals surface area contributed by atoms with E-state index in [1.165, 1.54) is 6.07 Å². The van der Waals surface area contributed by atoms with E-state index < -0.39 is 17.0 Å². The Morgan fingerprint density at radius 1 is 1.08 bits per heavy atom. The van der Waals surface area contributed by atoms with Gasteiger partial charge in [0.1, 0.15) is 22.8 Å². The summed E-state index contributed by atoms with van der Waals surface area (Å²) in [5, 5.41) is 14.4. The van der Waals surface area contributed by atoms with Gasteiger partial charge in [-0.25, -0.2) is 4.39 Å². The Morgan fingerprint density at radius 2 is 1.74 bits per heavy atom. The van der Waals surface area contributed by atoms with Crippen LogP contribution in [0.25, 0.3) is 22.3 Å². The maximum Gasteiger partial charge on any atom is 0.255 e. The highest BCUT2D eigenvalue weighted by Crippen LogP contribution is 2.38. The molecule has 0 radical (unpaired) electrons. The summed E-state index contributed by atoms with van der Waals surface area (Å²) in [5.74, 6) is -0.497. The number of carbonyl (C=O) groups is 2. The summed E-state index contributed by atoms with van der Waals surface area (Å²) in [4.78, 5) is 33.8. The van der Waals surface area contributed by atoms with Gasteiger partial charge in [-0.1, -0.05) is 30.3 Å². The fourth-order valence-corrected chi connectivity index (χ4v) is 5.53. The molecule has 1 aromatic heterocycles. The molecule has 3 heterocycles. The van der Waals surface area contributed by atoms with Crippen molar-refractivity contribution >= 4 is 17.6 Å². The summed E-state index contributed by atoms with van der Waals surface area (Å²) in [7, 11) is 1.87. The number of aliphatic hydroxyl groups is 1. The molecular formula is C30H32FN5O3. The number of aryl methyl sites for hydroxylation is 1. The predicted octanol–water partition coefficient (Wildman–Crippen LogP) is 3.63. The minimum atomic E-state index is -1.20. The van der Waals surface area contributed by atoms with Gasteiger partial charge in [0.15, 0.2) is 0 Å². The van der Waals surface area contributed by atoms with Gasteiger partial charge >= 0.3 is 0 Å². The molecule has 3 aromatic rings. The van der Waals surface area contributed by atoms with Gasteiger partial charge in [0.05, 0.1) is 11.8 Å². The molecule has 2 fully saturated rings. The number of aliphatic imine (C=N–C) groups is 1. The number of rotatable bonds is 6. The zero-order chi connectivity index (χ0) is 27.5. The van der Waals surface area contributed by atoms with Gasteiger partial charge in [-0.15, -0.1) is 0 Å². The molecule has 8 nitrogen and oxygen atoms in total. The molecule has 6 rings (SSSR count). The van der Waals surface area contributed by atoms with Crippen LogP contribution >= 0.6 is 0 Å². The monoisotopic (exact) mass is 529 g/mol. The first-order valence-corrected chi connectivity index (χ1v) is 13.4. The van der Waals surface area contributed by atoms with Crippen molar-refractivity contribution in [3.05, 3.63) is 66.2 Å². The third-order valence-electron chi connectivity index (χ3n) is 8.01. The van der Waals surface area contributed by atoms with E-state index in [0.29, 0.717) is 38.3 Å². The number of amides is 2. The molecule has 1 N–H and O–H groups in total. The molecule has 1 saturated heterocycles. The second-order valence-electron chi connectivity index (χ2n) is 11.5. The Hall–Kier alpha value is -3.85. The van der Waals surface area contributed by atoms with Crippen LogP contribution in [0.15, 0.2) is 59.9 Å². The molecule has 0 unspecified atom stereocenters. The van der Waals surface area contributed by atoms with Gasteiger partial charge in [-0.2, -0.15) is 5.10 Å². The first kappa shape index (κ1) is 25.4. The lowest BCUT2D eigenvalue weighted by Crippen LogP contribution is -2.43.